The Morgan fingerprint density at radius 1 is 1.29 bits per heavy atom. The first kappa shape index (κ1) is 15.0. The van der Waals surface area contributed by atoms with E-state index in [1.54, 1.807) is 31.2 Å². The number of nitrogens with one attached hydrogen (secondary N) is 2. The van der Waals surface area contributed by atoms with Gasteiger partial charge in [-0.3, -0.25) is 0 Å². The zero-order valence-electron chi connectivity index (χ0n) is 11.1. The van der Waals surface area contributed by atoms with Gasteiger partial charge in [-0.1, -0.05) is 6.07 Å². The van der Waals surface area contributed by atoms with E-state index in [4.69, 9.17) is 5.26 Å². The second kappa shape index (κ2) is 6.37. The highest BCUT2D eigenvalue weighted by molar-refractivity contribution is 9.10. The second-order valence-electron chi connectivity index (χ2n) is 4.35. The number of rotatable bonds is 2. The van der Waals surface area contributed by atoms with Crippen LogP contribution < -0.4 is 10.6 Å². The fraction of sp³-hybridized carbons (Fsp3) is 0.0667. The third-order valence-corrected chi connectivity index (χ3v) is 3.37. The maximum Gasteiger partial charge on any atom is 0.323 e. The number of benzene rings is 2. The summed E-state index contributed by atoms with van der Waals surface area (Å²) in [6.07, 6.45) is 0. The van der Waals surface area contributed by atoms with Gasteiger partial charge in [0.2, 0.25) is 0 Å². The summed E-state index contributed by atoms with van der Waals surface area (Å²) in [5.74, 6) is -0.389. The van der Waals surface area contributed by atoms with E-state index in [2.05, 4.69) is 26.6 Å². The first-order chi connectivity index (χ1) is 9.99. The van der Waals surface area contributed by atoms with Crippen molar-refractivity contribution in [3.05, 3.63) is 57.8 Å². The standard InChI is InChI=1S/C15H11BrFN3O/c1-9-5-13(17)12(16)7-14(9)20-15(21)19-11-4-2-3-10(6-11)8-18/h2-7H,1H3,(H2,19,20,21). The summed E-state index contributed by atoms with van der Waals surface area (Å²) in [6, 6.07) is 10.9. The average Bonchev–Trinajstić information content (AvgIpc) is 2.45. The lowest BCUT2D eigenvalue weighted by Gasteiger charge is -2.11. The molecule has 0 spiro atoms. The number of amides is 2. The molecule has 0 unspecified atom stereocenters. The Labute approximate surface area is 129 Å². The van der Waals surface area contributed by atoms with Crippen LogP contribution in [0.3, 0.4) is 0 Å². The van der Waals surface area contributed by atoms with Gasteiger partial charge in [-0.05, 0) is 58.7 Å². The fourth-order valence-electron chi connectivity index (χ4n) is 1.73. The van der Waals surface area contributed by atoms with Crippen LogP contribution in [0.1, 0.15) is 11.1 Å². The third-order valence-electron chi connectivity index (χ3n) is 2.77. The van der Waals surface area contributed by atoms with Crippen LogP contribution in [0.2, 0.25) is 0 Å². The summed E-state index contributed by atoms with van der Waals surface area (Å²) < 4.78 is 13.6. The molecule has 106 valence electrons. The Hall–Kier alpha value is -2.39. The zero-order chi connectivity index (χ0) is 15.4. The van der Waals surface area contributed by atoms with Crippen molar-refractivity contribution >= 4 is 33.3 Å². The van der Waals surface area contributed by atoms with Gasteiger partial charge in [0.15, 0.2) is 0 Å². The topological polar surface area (TPSA) is 64.9 Å². The molecule has 21 heavy (non-hydrogen) atoms. The summed E-state index contributed by atoms with van der Waals surface area (Å²) in [7, 11) is 0. The first-order valence-electron chi connectivity index (χ1n) is 6.03. The second-order valence-corrected chi connectivity index (χ2v) is 5.21. The Bertz CT molecular complexity index is 740. The summed E-state index contributed by atoms with van der Waals surface area (Å²) in [5, 5.41) is 14.1. The highest BCUT2D eigenvalue weighted by Gasteiger charge is 2.09. The minimum absolute atomic E-state index is 0.273. The van der Waals surface area contributed by atoms with Gasteiger partial charge in [-0.25, -0.2) is 9.18 Å². The Morgan fingerprint density at radius 2 is 2.05 bits per heavy atom. The molecule has 0 saturated carbocycles. The Balaban J connectivity index is 2.12. The fourth-order valence-corrected chi connectivity index (χ4v) is 2.08. The van der Waals surface area contributed by atoms with Gasteiger partial charge in [0, 0.05) is 11.4 Å². The van der Waals surface area contributed by atoms with Gasteiger partial charge in [0.05, 0.1) is 16.1 Å². The monoisotopic (exact) mass is 347 g/mol. The lowest BCUT2D eigenvalue weighted by atomic mass is 10.2. The molecule has 0 saturated heterocycles. The number of halogens is 2. The quantitative estimate of drug-likeness (QED) is 0.844. The van der Waals surface area contributed by atoms with Gasteiger partial charge in [-0.2, -0.15) is 5.26 Å². The van der Waals surface area contributed by atoms with Gasteiger partial charge in [-0.15, -0.1) is 0 Å². The van der Waals surface area contributed by atoms with E-state index in [0.717, 1.165) is 0 Å². The molecular formula is C15H11BrFN3O. The summed E-state index contributed by atoms with van der Waals surface area (Å²) >= 11 is 3.07. The van der Waals surface area contributed by atoms with Gasteiger partial charge >= 0.3 is 6.03 Å². The highest BCUT2D eigenvalue weighted by Crippen LogP contribution is 2.24. The number of carbonyl (C=O) groups is 1. The van der Waals surface area contributed by atoms with E-state index >= 15 is 0 Å². The van der Waals surface area contributed by atoms with Crippen molar-refractivity contribution in [1.29, 1.82) is 5.26 Å². The molecule has 0 aliphatic rings. The summed E-state index contributed by atoms with van der Waals surface area (Å²) in [6.45, 7) is 1.70. The van der Waals surface area contributed by atoms with Crippen LogP contribution >= 0.6 is 15.9 Å². The molecular weight excluding hydrogens is 337 g/mol. The lowest BCUT2D eigenvalue weighted by Crippen LogP contribution is -2.20. The molecule has 0 bridgehead atoms. The number of urea groups is 1. The zero-order valence-corrected chi connectivity index (χ0v) is 12.7. The molecule has 0 radical (unpaired) electrons. The highest BCUT2D eigenvalue weighted by atomic mass is 79.9. The molecule has 6 heteroatoms. The number of hydrogen-bond donors (Lipinski definition) is 2. The molecule has 0 aromatic heterocycles. The largest absolute Gasteiger partial charge is 0.323 e. The van der Waals surface area contributed by atoms with Crippen LogP contribution in [-0.4, -0.2) is 6.03 Å². The Kier molecular flexibility index (Phi) is 4.55. The number of carbonyl (C=O) groups excluding carboxylic acids is 1. The van der Waals surface area contributed by atoms with E-state index in [1.807, 2.05) is 6.07 Å². The van der Waals surface area contributed by atoms with E-state index in [9.17, 15) is 9.18 Å². The first-order valence-corrected chi connectivity index (χ1v) is 6.82. The van der Waals surface area contributed by atoms with E-state index in [1.165, 1.54) is 12.1 Å². The van der Waals surface area contributed by atoms with Crippen molar-refractivity contribution in [1.82, 2.24) is 0 Å². The molecule has 0 heterocycles. The number of nitrogens with zero attached hydrogens (tertiary/aromatic N) is 1. The van der Waals surface area contributed by atoms with Crippen molar-refractivity contribution in [2.45, 2.75) is 6.92 Å². The molecule has 4 nitrogen and oxygen atoms in total. The minimum Gasteiger partial charge on any atom is -0.308 e. The predicted octanol–water partition coefficient (Wildman–Crippen LogP) is 4.41. The van der Waals surface area contributed by atoms with Crippen molar-refractivity contribution in [3.63, 3.8) is 0 Å². The number of hydrogen-bond acceptors (Lipinski definition) is 2. The number of anilines is 2. The molecule has 0 atom stereocenters. The van der Waals surface area contributed by atoms with Crippen LogP contribution in [0, 0.1) is 24.1 Å². The molecule has 2 amide bonds. The average molecular weight is 348 g/mol. The molecule has 0 aliphatic heterocycles. The predicted molar refractivity (Wildman–Crippen MR) is 82.6 cm³/mol. The summed E-state index contributed by atoms with van der Waals surface area (Å²) in [4.78, 5) is 11.9. The maximum atomic E-state index is 13.3. The van der Waals surface area contributed by atoms with Crippen molar-refractivity contribution in [2.24, 2.45) is 0 Å². The Morgan fingerprint density at radius 3 is 2.76 bits per heavy atom. The van der Waals surface area contributed by atoms with Crippen molar-refractivity contribution < 1.29 is 9.18 Å². The third kappa shape index (κ3) is 3.80. The van der Waals surface area contributed by atoms with Gasteiger partial charge in [0.1, 0.15) is 5.82 Å². The molecule has 2 aromatic rings. The van der Waals surface area contributed by atoms with Gasteiger partial charge < -0.3 is 10.6 Å². The molecule has 2 N–H and O–H groups in total. The SMILES string of the molecule is Cc1cc(F)c(Br)cc1NC(=O)Nc1cccc(C#N)c1. The smallest absolute Gasteiger partial charge is 0.308 e. The van der Waals surface area contributed by atoms with Crippen molar-refractivity contribution in [2.75, 3.05) is 10.6 Å². The van der Waals surface area contributed by atoms with Crippen LogP contribution in [-0.2, 0) is 0 Å². The molecule has 0 fully saturated rings. The summed E-state index contributed by atoms with van der Waals surface area (Å²) in [5.41, 5.74) is 2.06. The van der Waals surface area contributed by atoms with Crippen LogP contribution in [0.4, 0.5) is 20.6 Å². The van der Waals surface area contributed by atoms with E-state index in [0.29, 0.717) is 22.5 Å². The molecule has 2 aromatic carbocycles. The van der Waals surface area contributed by atoms with Crippen LogP contribution in [0.5, 0.6) is 0 Å². The normalized spacial score (nSPS) is 9.81. The molecule has 2 rings (SSSR count). The maximum absolute atomic E-state index is 13.3. The molecule has 0 aliphatic carbocycles. The van der Waals surface area contributed by atoms with Crippen LogP contribution in [0.25, 0.3) is 0 Å². The van der Waals surface area contributed by atoms with Gasteiger partial charge in [0.25, 0.3) is 0 Å². The van der Waals surface area contributed by atoms with E-state index in [-0.39, 0.29) is 10.3 Å². The van der Waals surface area contributed by atoms with E-state index < -0.39 is 6.03 Å². The van der Waals surface area contributed by atoms with Crippen molar-refractivity contribution in [3.8, 4) is 6.07 Å². The van der Waals surface area contributed by atoms with Crippen LogP contribution in [0.15, 0.2) is 40.9 Å². The number of nitriles is 1. The lowest BCUT2D eigenvalue weighted by molar-refractivity contribution is 0.262. The number of aryl methyl sites for hydroxylation is 1. The minimum atomic E-state index is -0.466.